The monoisotopic (exact) mass is 492 g/mol. The van der Waals surface area contributed by atoms with Gasteiger partial charge in [0, 0.05) is 26.1 Å². The second-order valence-corrected chi connectivity index (χ2v) is 12.3. The Labute approximate surface area is 197 Å². The highest BCUT2D eigenvalue weighted by atomic mass is 32.2. The fraction of sp³-hybridized carbons (Fsp3) is 0.458. The van der Waals surface area contributed by atoms with Crippen LogP contribution in [0.1, 0.15) is 44.1 Å². The quantitative estimate of drug-likeness (QED) is 0.514. The summed E-state index contributed by atoms with van der Waals surface area (Å²) >= 11 is 0. The summed E-state index contributed by atoms with van der Waals surface area (Å²) in [7, 11) is -6.82. The smallest absolute Gasteiger partial charge is 0.243 e. The van der Waals surface area contributed by atoms with Crippen LogP contribution in [0.2, 0.25) is 0 Å². The molecule has 1 fully saturated rings. The third-order valence-electron chi connectivity index (χ3n) is 5.78. The molecule has 0 saturated carbocycles. The average molecular weight is 493 g/mol. The number of benzene rings is 2. The lowest BCUT2D eigenvalue weighted by Crippen LogP contribution is -2.31. The molecule has 1 aliphatic rings. The van der Waals surface area contributed by atoms with Crippen LogP contribution in [-0.4, -0.2) is 52.4 Å². The van der Waals surface area contributed by atoms with Crippen LogP contribution in [0.4, 0.5) is 0 Å². The first-order chi connectivity index (χ1) is 15.8. The molecule has 33 heavy (non-hydrogen) atoms. The summed E-state index contributed by atoms with van der Waals surface area (Å²) in [5, 5.41) is 2.76. The molecular formula is C24H32N2O5S2. The Kier molecular flexibility index (Phi) is 9.05. The van der Waals surface area contributed by atoms with Gasteiger partial charge in [-0.25, -0.2) is 16.8 Å². The van der Waals surface area contributed by atoms with Crippen LogP contribution in [0.25, 0.3) is 0 Å². The van der Waals surface area contributed by atoms with Gasteiger partial charge in [0.1, 0.15) is 0 Å². The van der Waals surface area contributed by atoms with Crippen molar-refractivity contribution < 1.29 is 21.6 Å². The van der Waals surface area contributed by atoms with Crippen molar-refractivity contribution in [1.82, 2.24) is 9.62 Å². The third kappa shape index (κ3) is 7.38. The summed E-state index contributed by atoms with van der Waals surface area (Å²) in [6, 6.07) is 15.0. The van der Waals surface area contributed by atoms with Gasteiger partial charge in [-0.3, -0.25) is 4.79 Å². The summed E-state index contributed by atoms with van der Waals surface area (Å²) in [6.45, 7) is 1.42. The molecule has 2 aromatic carbocycles. The minimum absolute atomic E-state index is 0.0236. The molecule has 0 aromatic heterocycles. The van der Waals surface area contributed by atoms with Crippen LogP contribution >= 0.6 is 0 Å². The van der Waals surface area contributed by atoms with Gasteiger partial charge in [-0.1, -0.05) is 43.2 Å². The van der Waals surface area contributed by atoms with E-state index in [0.717, 1.165) is 31.2 Å². The maximum absolute atomic E-state index is 12.8. The van der Waals surface area contributed by atoms with E-state index in [1.165, 1.54) is 0 Å². The van der Waals surface area contributed by atoms with Gasteiger partial charge in [-0.2, -0.15) is 4.31 Å². The molecule has 2 aromatic rings. The number of hydrogen-bond acceptors (Lipinski definition) is 5. The number of rotatable bonds is 10. The molecule has 1 amide bonds. The number of nitrogens with one attached hydrogen (secondary N) is 1. The van der Waals surface area contributed by atoms with Crippen LogP contribution in [-0.2, 0) is 31.1 Å². The fourth-order valence-electron chi connectivity index (χ4n) is 3.84. The first kappa shape index (κ1) is 25.4. The van der Waals surface area contributed by atoms with Gasteiger partial charge in [-0.05, 0) is 55.5 Å². The van der Waals surface area contributed by atoms with Crippen molar-refractivity contribution in [2.24, 2.45) is 0 Å². The Bertz CT molecular complexity index is 1110. The first-order valence-electron chi connectivity index (χ1n) is 11.4. The highest BCUT2D eigenvalue weighted by Crippen LogP contribution is 2.21. The lowest BCUT2D eigenvalue weighted by molar-refractivity contribution is -0.121. The third-order valence-corrected chi connectivity index (χ3v) is 9.51. The molecule has 1 saturated heterocycles. The Morgan fingerprint density at radius 3 is 2.09 bits per heavy atom. The molecule has 1 N–H and O–H groups in total. The molecule has 0 atom stereocenters. The molecule has 0 bridgehead atoms. The summed E-state index contributed by atoms with van der Waals surface area (Å²) in [5.41, 5.74) is 0.881. The standard InChI is InChI=1S/C24H32N2O5S2/c27-24(25-17-8-20-32(28,29)22-9-4-3-5-10-22)16-13-21-11-14-23(15-12-21)33(30,31)26-18-6-1-2-7-19-26/h3-5,9-12,14-15H,1-2,6-8,13,16-20H2,(H,25,27). The Hall–Kier alpha value is -2.23. The lowest BCUT2D eigenvalue weighted by atomic mass is 10.1. The number of hydrogen-bond donors (Lipinski definition) is 1. The van der Waals surface area contributed by atoms with Crippen LogP contribution in [0.5, 0.6) is 0 Å². The van der Waals surface area contributed by atoms with Crippen molar-refractivity contribution in [3.8, 4) is 0 Å². The van der Waals surface area contributed by atoms with Crippen molar-refractivity contribution in [2.45, 2.75) is 54.7 Å². The van der Waals surface area contributed by atoms with E-state index in [1.807, 2.05) is 0 Å². The van der Waals surface area contributed by atoms with Gasteiger partial charge in [-0.15, -0.1) is 0 Å². The number of aryl methyl sites for hydroxylation is 1. The predicted octanol–water partition coefficient (Wildman–Crippen LogP) is 3.16. The number of amides is 1. The zero-order chi connectivity index (χ0) is 23.7. The molecule has 180 valence electrons. The summed E-state index contributed by atoms with van der Waals surface area (Å²) in [4.78, 5) is 12.7. The SMILES string of the molecule is O=C(CCc1ccc(S(=O)(=O)N2CCCCCC2)cc1)NCCCS(=O)(=O)c1ccccc1. The molecule has 1 heterocycles. The summed E-state index contributed by atoms with van der Waals surface area (Å²) < 4.78 is 51.7. The van der Waals surface area contributed by atoms with Crippen LogP contribution in [0.15, 0.2) is 64.4 Å². The molecule has 0 spiro atoms. The van der Waals surface area contributed by atoms with Crippen molar-refractivity contribution in [1.29, 1.82) is 0 Å². The predicted molar refractivity (Wildman–Crippen MR) is 128 cm³/mol. The maximum atomic E-state index is 12.8. The zero-order valence-electron chi connectivity index (χ0n) is 18.8. The average Bonchev–Trinajstić information content (AvgIpc) is 3.12. The number of sulfone groups is 1. The highest BCUT2D eigenvalue weighted by molar-refractivity contribution is 7.91. The second kappa shape index (κ2) is 11.8. The normalized spacial score (nSPS) is 15.6. The number of nitrogens with zero attached hydrogens (tertiary/aromatic N) is 1. The van der Waals surface area contributed by atoms with Gasteiger partial charge >= 0.3 is 0 Å². The Balaban J connectivity index is 1.42. The zero-order valence-corrected chi connectivity index (χ0v) is 20.4. The highest BCUT2D eigenvalue weighted by Gasteiger charge is 2.24. The second-order valence-electron chi connectivity index (χ2n) is 8.30. The minimum Gasteiger partial charge on any atom is -0.356 e. The Morgan fingerprint density at radius 2 is 1.45 bits per heavy atom. The van der Waals surface area contributed by atoms with Gasteiger partial charge in [0.05, 0.1) is 15.5 Å². The van der Waals surface area contributed by atoms with Gasteiger partial charge in [0.2, 0.25) is 15.9 Å². The van der Waals surface area contributed by atoms with E-state index in [1.54, 1.807) is 58.9 Å². The molecular weight excluding hydrogens is 460 g/mol. The molecule has 1 aliphatic heterocycles. The van der Waals surface area contributed by atoms with Crippen LogP contribution in [0, 0.1) is 0 Å². The van der Waals surface area contributed by atoms with Gasteiger partial charge < -0.3 is 5.32 Å². The molecule has 0 unspecified atom stereocenters. The van der Waals surface area contributed by atoms with E-state index < -0.39 is 19.9 Å². The van der Waals surface area contributed by atoms with E-state index in [2.05, 4.69) is 5.32 Å². The van der Waals surface area contributed by atoms with Gasteiger partial charge in [0.15, 0.2) is 9.84 Å². The summed E-state index contributed by atoms with van der Waals surface area (Å²) in [5.74, 6) is -0.182. The van der Waals surface area contributed by atoms with E-state index in [-0.39, 0.29) is 34.4 Å². The van der Waals surface area contributed by atoms with E-state index in [9.17, 15) is 21.6 Å². The maximum Gasteiger partial charge on any atom is 0.243 e. The topological polar surface area (TPSA) is 101 Å². The molecule has 7 nitrogen and oxygen atoms in total. The van der Waals surface area contributed by atoms with Crippen molar-refractivity contribution in [3.05, 3.63) is 60.2 Å². The summed E-state index contributed by atoms with van der Waals surface area (Å²) in [6.07, 6.45) is 4.99. The molecule has 3 rings (SSSR count). The van der Waals surface area contributed by atoms with Crippen LogP contribution in [0.3, 0.4) is 0 Å². The van der Waals surface area contributed by atoms with E-state index in [0.29, 0.717) is 25.9 Å². The van der Waals surface area contributed by atoms with Crippen LogP contribution < -0.4 is 5.32 Å². The van der Waals surface area contributed by atoms with Crippen molar-refractivity contribution in [3.63, 3.8) is 0 Å². The van der Waals surface area contributed by atoms with Gasteiger partial charge in [0.25, 0.3) is 0 Å². The number of carbonyl (C=O) groups is 1. The molecule has 0 aliphatic carbocycles. The fourth-order valence-corrected chi connectivity index (χ4v) is 6.69. The lowest BCUT2D eigenvalue weighted by Gasteiger charge is -2.20. The first-order valence-corrected chi connectivity index (χ1v) is 14.5. The van der Waals surface area contributed by atoms with Crippen molar-refractivity contribution >= 4 is 25.8 Å². The molecule has 0 radical (unpaired) electrons. The van der Waals surface area contributed by atoms with Crippen molar-refractivity contribution in [2.75, 3.05) is 25.4 Å². The number of carbonyl (C=O) groups excluding carboxylic acids is 1. The van der Waals surface area contributed by atoms with E-state index >= 15 is 0 Å². The minimum atomic E-state index is -3.48. The van der Waals surface area contributed by atoms with E-state index in [4.69, 9.17) is 0 Å². The largest absolute Gasteiger partial charge is 0.356 e. The Morgan fingerprint density at radius 1 is 0.818 bits per heavy atom. The number of sulfonamides is 1. The molecule has 9 heteroatoms.